The number of nitro groups is 1. The maximum Gasteiger partial charge on any atom is 0.420 e. The fourth-order valence-corrected chi connectivity index (χ4v) is 7.61. The van der Waals surface area contributed by atoms with Gasteiger partial charge in [-0.1, -0.05) is 119 Å². The lowest BCUT2D eigenvalue weighted by atomic mass is 10.0. The van der Waals surface area contributed by atoms with Gasteiger partial charge in [0.15, 0.2) is 0 Å². The first-order valence-corrected chi connectivity index (χ1v) is 22.2. The Morgan fingerprint density at radius 2 is 1.61 bits per heavy atom. The van der Waals surface area contributed by atoms with Gasteiger partial charge in [0, 0.05) is 34.2 Å². The minimum atomic E-state index is -0.858. The van der Waals surface area contributed by atoms with Crippen molar-refractivity contribution in [1.29, 1.82) is 0 Å². The fourth-order valence-electron chi connectivity index (χ4n) is 6.71. The van der Waals surface area contributed by atoms with Crippen molar-refractivity contribution in [1.82, 2.24) is 10.2 Å². The Morgan fingerprint density at radius 3 is 2.32 bits per heavy atom. The normalized spacial score (nSPS) is 11.0. The number of amides is 2. The summed E-state index contributed by atoms with van der Waals surface area (Å²) in [6.45, 7) is 4.59. The zero-order valence-electron chi connectivity index (χ0n) is 35.2. The highest BCUT2D eigenvalue weighted by Crippen LogP contribution is 2.38. The van der Waals surface area contributed by atoms with E-state index in [4.69, 9.17) is 30.2 Å². The number of carbonyl (C=O) groups excluding carboxylic acids is 3. The number of rotatable bonds is 24. The highest BCUT2D eigenvalue weighted by Gasteiger charge is 2.26. The molecule has 0 saturated carbocycles. The molecule has 2 amide bonds. The number of esters is 1. The van der Waals surface area contributed by atoms with Crippen molar-refractivity contribution in [2.75, 3.05) is 30.5 Å². The van der Waals surface area contributed by atoms with E-state index in [0.717, 1.165) is 37.4 Å². The van der Waals surface area contributed by atoms with Crippen LogP contribution in [0, 0.1) is 10.1 Å². The maximum atomic E-state index is 14.2. The SMILES string of the molecule is CCCCCCCCCCCCN(C(=O)Oc1ccc(CSc2nnc(CC(=O)OCCC)o2)cc1[N+](=O)[O-])c1cccc2c(O)c(C(=O)Nc3cc(Cl)ccc3OC)ccc12. The number of nitro benzene ring substituents is 1. The molecule has 330 valence electrons. The van der Waals surface area contributed by atoms with Crippen LogP contribution >= 0.6 is 23.4 Å². The van der Waals surface area contributed by atoms with Gasteiger partial charge < -0.3 is 29.1 Å². The Labute approximate surface area is 369 Å². The molecule has 0 spiro atoms. The number of phenols is 1. The highest BCUT2D eigenvalue weighted by molar-refractivity contribution is 7.98. The average molecular weight is 890 g/mol. The molecule has 0 bridgehead atoms. The molecule has 0 aliphatic carbocycles. The predicted octanol–water partition coefficient (Wildman–Crippen LogP) is 11.5. The number of phenolic OH excluding ortho intramolecular Hbond substituents is 1. The topological polar surface area (TPSA) is 196 Å². The quantitative estimate of drug-likeness (QED) is 0.0195. The number of halogens is 1. The van der Waals surface area contributed by atoms with Crippen LogP contribution in [0.1, 0.15) is 106 Å². The summed E-state index contributed by atoms with van der Waals surface area (Å²) in [6.07, 6.45) is 10.4. The third-order valence-corrected chi connectivity index (χ3v) is 11.0. The van der Waals surface area contributed by atoms with Crippen molar-refractivity contribution < 1.29 is 43.0 Å². The van der Waals surface area contributed by atoms with Gasteiger partial charge in [0.05, 0.1) is 35.6 Å². The van der Waals surface area contributed by atoms with Crippen LogP contribution in [0.15, 0.2) is 76.4 Å². The van der Waals surface area contributed by atoms with E-state index < -0.39 is 28.6 Å². The lowest BCUT2D eigenvalue weighted by Gasteiger charge is -2.24. The molecule has 0 atom stereocenters. The molecular weight excluding hydrogens is 838 g/mol. The minimum absolute atomic E-state index is 0.0268. The van der Waals surface area contributed by atoms with E-state index in [9.17, 15) is 29.6 Å². The minimum Gasteiger partial charge on any atom is -0.506 e. The third-order valence-electron chi connectivity index (χ3n) is 9.90. The van der Waals surface area contributed by atoms with Gasteiger partial charge in [-0.3, -0.25) is 24.6 Å². The van der Waals surface area contributed by atoms with E-state index in [1.807, 2.05) is 6.92 Å². The van der Waals surface area contributed by atoms with E-state index in [1.54, 1.807) is 42.5 Å². The predicted molar refractivity (Wildman–Crippen MR) is 239 cm³/mol. The van der Waals surface area contributed by atoms with E-state index >= 15 is 0 Å². The average Bonchev–Trinajstić information content (AvgIpc) is 3.71. The molecule has 62 heavy (non-hydrogen) atoms. The number of carbonyl (C=O) groups is 3. The van der Waals surface area contributed by atoms with E-state index in [2.05, 4.69) is 22.4 Å². The summed E-state index contributed by atoms with van der Waals surface area (Å²) in [7, 11) is 1.46. The van der Waals surface area contributed by atoms with Crippen LogP contribution in [-0.2, 0) is 21.7 Å². The number of hydrogen-bond donors (Lipinski definition) is 2. The van der Waals surface area contributed by atoms with Gasteiger partial charge in [0.2, 0.25) is 11.6 Å². The summed E-state index contributed by atoms with van der Waals surface area (Å²) in [6, 6.07) is 17.1. The molecule has 0 radical (unpaired) electrons. The van der Waals surface area contributed by atoms with Gasteiger partial charge in [-0.2, -0.15) is 0 Å². The van der Waals surface area contributed by atoms with Crippen molar-refractivity contribution in [2.24, 2.45) is 0 Å². The van der Waals surface area contributed by atoms with Crippen molar-refractivity contribution >= 4 is 69.2 Å². The number of nitrogens with zero attached hydrogens (tertiary/aromatic N) is 4. The first kappa shape index (κ1) is 47.2. The number of unbranched alkanes of at least 4 members (excludes halogenated alkanes) is 9. The Hall–Kier alpha value is -5.87. The smallest absolute Gasteiger partial charge is 0.420 e. The summed E-state index contributed by atoms with van der Waals surface area (Å²) in [5.41, 5.74) is 0.760. The van der Waals surface area contributed by atoms with Gasteiger partial charge in [-0.15, -0.1) is 10.2 Å². The Morgan fingerprint density at radius 1 is 0.887 bits per heavy atom. The number of aromatic hydroxyl groups is 1. The number of anilines is 2. The van der Waals surface area contributed by atoms with Crippen LogP contribution in [0.3, 0.4) is 0 Å². The second-order valence-electron chi connectivity index (χ2n) is 14.5. The molecule has 15 nitrogen and oxygen atoms in total. The number of ether oxygens (including phenoxy) is 3. The summed E-state index contributed by atoms with van der Waals surface area (Å²) in [5, 5.41) is 35.6. The Balaban J connectivity index is 1.35. The molecule has 0 saturated heterocycles. The molecule has 17 heteroatoms. The lowest BCUT2D eigenvalue weighted by Crippen LogP contribution is -2.34. The molecule has 1 aromatic heterocycles. The molecule has 0 unspecified atom stereocenters. The first-order valence-electron chi connectivity index (χ1n) is 20.8. The molecule has 1 heterocycles. The van der Waals surface area contributed by atoms with Crippen LogP contribution in [0.5, 0.6) is 17.2 Å². The van der Waals surface area contributed by atoms with E-state index in [-0.39, 0.29) is 53.5 Å². The van der Waals surface area contributed by atoms with Gasteiger partial charge >= 0.3 is 17.7 Å². The van der Waals surface area contributed by atoms with Crippen LogP contribution in [0.2, 0.25) is 5.02 Å². The van der Waals surface area contributed by atoms with Crippen molar-refractivity contribution in [3.8, 4) is 17.2 Å². The van der Waals surface area contributed by atoms with Crippen molar-refractivity contribution in [3.63, 3.8) is 0 Å². The Kier molecular flexibility index (Phi) is 18.2. The summed E-state index contributed by atoms with van der Waals surface area (Å²) < 4.78 is 21.7. The number of methoxy groups -OCH3 is 1. The second-order valence-corrected chi connectivity index (χ2v) is 15.9. The number of nitrogens with one attached hydrogen (secondary N) is 1. The molecule has 0 aliphatic rings. The monoisotopic (exact) mass is 889 g/mol. The van der Waals surface area contributed by atoms with Crippen LogP contribution in [-0.4, -0.2) is 58.5 Å². The van der Waals surface area contributed by atoms with Gasteiger partial charge in [0.1, 0.15) is 17.9 Å². The summed E-state index contributed by atoms with van der Waals surface area (Å²) in [5.74, 6) is -1.00. The largest absolute Gasteiger partial charge is 0.506 e. The van der Waals surface area contributed by atoms with Gasteiger partial charge in [-0.05, 0) is 54.8 Å². The fraction of sp³-hybridized carbons (Fsp3) is 0.400. The Bertz CT molecular complexity index is 2320. The van der Waals surface area contributed by atoms with Crippen LogP contribution < -0.4 is 19.7 Å². The molecule has 5 rings (SSSR count). The molecule has 0 fully saturated rings. The number of fused-ring (bicyclic) bond motifs is 1. The summed E-state index contributed by atoms with van der Waals surface area (Å²) >= 11 is 7.28. The van der Waals surface area contributed by atoms with Gasteiger partial charge in [-0.25, -0.2) is 4.79 Å². The van der Waals surface area contributed by atoms with Crippen molar-refractivity contribution in [2.45, 2.75) is 102 Å². The third kappa shape index (κ3) is 13.3. The number of thioether (sulfide) groups is 1. The standard InChI is InChI=1S/C45H52ClN5O10S/c1-4-6-7-8-9-10-11-12-13-14-24-50(36-17-15-16-33-32(36)20-21-34(42(33)53)43(54)47-35-27-31(46)19-23-38(35)58-3)45(55)60-39-22-18-30(26-37(39)51(56)57)29-62-44-49-48-40(61-44)28-41(52)59-25-5-2/h15-23,26-27,53H,4-14,24-25,28-29H2,1-3H3,(H,47,54). The van der Waals surface area contributed by atoms with Crippen molar-refractivity contribution in [3.05, 3.63) is 98.9 Å². The maximum absolute atomic E-state index is 14.2. The van der Waals surface area contributed by atoms with Gasteiger partial charge in [0.25, 0.3) is 11.1 Å². The highest BCUT2D eigenvalue weighted by atomic mass is 35.5. The van der Waals surface area contributed by atoms with Crippen LogP contribution in [0.25, 0.3) is 10.8 Å². The van der Waals surface area contributed by atoms with E-state index in [1.165, 1.54) is 68.4 Å². The number of benzene rings is 4. The molecule has 2 N–H and O–H groups in total. The van der Waals surface area contributed by atoms with Crippen LogP contribution in [0.4, 0.5) is 21.9 Å². The molecule has 5 aromatic rings. The lowest BCUT2D eigenvalue weighted by molar-refractivity contribution is -0.385. The summed E-state index contributed by atoms with van der Waals surface area (Å²) in [4.78, 5) is 52.7. The van der Waals surface area contributed by atoms with E-state index in [0.29, 0.717) is 51.3 Å². The molecule has 4 aromatic carbocycles. The zero-order valence-corrected chi connectivity index (χ0v) is 36.7. The molecular formula is C45H52ClN5O10S. The molecule has 0 aliphatic heterocycles. The number of aromatic nitrogens is 2. The second kappa shape index (κ2) is 23.9. The first-order chi connectivity index (χ1) is 30.0. The number of hydrogen-bond acceptors (Lipinski definition) is 13. The zero-order chi connectivity index (χ0) is 44.4.